The minimum atomic E-state index is -0.438. The lowest BCUT2D eigenvalue weighted by molar-refractivity contribution is 0.272. The molecule has 14 heavy (non-hydrogen) atoms. The summed E-state index contributed by atoms with van der Waals surface area (Å²) in [6.07, 6.45) is 0. The monoisotopic (exact) mass is 257 g/mol. The maximum atomic E-state index is 11.3. The molecule has 0 amide bonds. The summed E-state index contributed by atoms with van der Waals surface area (Å²) in [6, 6.07) is 5.30. The lowest BCUT2D eigenvalue weighted by Gasteiger charge is -1.97. The Labute approximate surface area is 87.9 Å². The summed E-state index contributed by atoms with van der Waals surface area (Å²) in [6.45, 7) is 0.170. The highest BCUT2D eigenvalue weighted by molar-refractivity contribution is 9.10. The lowest BCUT2D eigenvalue weighted by Crippen LogP contribution is -2.15. The van der Waals surface area contributed by atoms with Gasteiger partial charge in [0.05, 0.1) is 18.7 Å². The van der Waals surface area contributed by atoms with Gasteiger partial charge < -0.3 is 9.52 Å². The molecule has 0 saturated carbocycles. The normalized spacial score (nSPS) is 11.0. The first-order valence-electron chi connectivity index (χ1n) is 4.12. The molecule has 74 valence electrons. The summed E-state index contributed by atoms with van der Waals surface area (Å²) in [7, 11) is 0. The van der Waals surface area contributed by atoms with E-state index in [4.69, 9.17) is 9.52 Å². The van der Waals surface area contributed by atoms with Crippen molar-refractivity contribution in [3.63, 3.8) is 0 Å². The van der Waals surface area contributed by atoms with Crippen molar-refractivity contribution >= 4 is 27.0 Å². The lowest BCUT2D eigenvalue weighted by atomic mass is 10.3. The molecule has 2 aromatic rings. The molecule has 0 aliphatic heterocycles. The Kier molecular flexibility index (Phi) is 2.43. The third-order valence-corrected chi connectivity index (χ3v) is 2.45. The molecule has 0 unspecified atom stereocenters. The van der Waals surface area contributed by atoms with Gasteiger partial charge in [0.15, 0.2) is 5.58 Å². The largest absolute Gasteiger partial charge is 0.420 e. The molecule has 1 N–H and O–H groups in total. The molecular weight excluding hydrogens is 250 g/mol. The first kappa shape index (κ1) is 9.48. The number of hydrogen-bond donors (Lipinski definition) is 1. The Balaban J connectivity index is 2.73. The summed E-state index contributed by atoms with van der Waals surface area (Å²) < 4.78 is 7.26. The van der Waals surface area contributed by atoms with Crippen molar-refractivity contribution in [1.29, 1.82) is 0 Å². The van der Waals surface area contributed by atoms with Gasteiger partial charge >= 0.3 is 5.76 Å². The van der Waals surface area contributed by atoms with Crippen molar-refractivity contribution in [3.8, 4) is 0 Å². The molecule has 1 aromatic carbocycles. The van der Waals surface area contributed by atoms with Crippen LogP contribution in [-0.4, -0.2) is 16.3 Å². The van der Waals surface area contributed by atoms with E-state index in [9.17, 15) is 4.79 Å². The fourth-order valence-corrected chi connectivity index (χ4v) is 1.70. The SMILES string of the molecule is O=c1oc2ccc(Br)cc2n1CCO. The average molecular weight is 258 g/mol. The molecule has 4 nitrogen and oxygen atoms in total. The van der Waals surface area contributed by atoms with Gasteiger partial charge in [0.1, 0.15) is 0 Å². The summed E-state index contributed by atoms with van der Waals surface area (Å²) in [5.41, 5.74) is 1.23. The van der Waals surface area contributed by atoms with Crippen LogP contribution in [-0.2, 0) is 6.54 Å². The van der Waals surface area contributed by atoms with Crippen LogP contribution in [0.1, 0.15) is 0 Å². The predicted molar refractivity (Wildman–Crippen MR) is 55.3 cm³/mol. The van der Waals surface area contributed by atoms with Gasteiger partial charge in [-0.05, 0) is 18.2 Å². The Hall–Kier alpha value is -1.07. The summed E-state index contributed by atoms with van der Waals surface area (Å²) in [4.78, 5) is 11.3. The molecule has 0 aliphatic rings. The minimum Gasteiger partial charge on any atom is -0.408 e. The molecule has 1 heterocycles. The van der Waals surface area contributed by atoms with Crippen LogP contribution in [0.2, 0.25) is 0 Å². The molecule has 0 fully saturated rings. The molecule has 0 radical (unpaired) electrons. The first-order chi connectivity index (χ1) is 6.72. The Bertz CT molecular complexity index is 514. The van der Waals surface area contributed by atoms with Crippen LogP contribution in [0.15, 0.2) is 31.9 Å². The van der Waals surface area contributed by atoms with Gasteiger partial charge in [-0.2, -0.15) is 0 Å². The van der Waals surface area contributed by atoms with E-state index in [1.807, 2.05) is 0 Å². The van der Waals surface area contributed by atoms with E-state index in [1.165, 1.54) is 4.57 Å². The van der Waals surface area contributed by atoms with Gasteiger partial charge in [0.25, 0.3) is 0 Å². The van der Waals surface area contributed by atoms with Crippen LogP contribution in [0, 0.1) is 0 Å². The van der Waals surface area contributed by atoms with E-state index in [0.717, 1.165) is 4.47 Å². The predicted octanol–water partition coefficient (Wildman–Crippen LogP) is 1.35. The van der Waals surface area contributed by atoms with Crippen LogP contribution >= 0.6 is 15.9 Å². The average Bonchev–Trinajstić information content (AvgIpc) is 2.45. The van der Waals surface area contributed by atoms with Gasteiger partial charge in [-0.25, -0.2) is 4.79 Å². The van der Waals surface area contributed by atoms with E-state index in [2.05, 4.69) is 15.9 Å². The third kappa shape index (κ3) is 1.49. The number of nitrogens with zero attached hydrogens (tertiary/aromatic N) is 1. The molecule has 0 atom stereocenters. The number of benzene rings is 1. The van der Waals surface area contributed by atoms with E-state index in [-0.39, 0.29) is 13.2 Å². The van der Waals surface area contributed by atoms with Crippen LogP contribution in [0.4, 0.5) is 0 Å². The fraction of sp³-hybridized carbons (Fsp3) is 0.222. The minimum absolute atomic E-state index is 0.0823. The summed E-state index contributed by atoms with van der Waals surface area (Å²) in [5.74, 6) is -0.438. The highest BCUT2D eigenvalue weighted by Crippen LogP contribution is 2.18. The van der Waals surface area contributed by atoms with Crippen molar-refractivity contribution in [3.05, 3.63) is 33.2 Å². The van der Waals surface area contributed by atoms with Crippen molar-refractivity contribution in [2.24, 2.45) is 0 Å². The highest BCUT2D eigenvalue weighted by atomic mass is 79.9. The van der Waals surface area contributed by atoms with Gasteiger partial charge in [0.2, 0.25) is 0 Å². The second-order valence-corrected chi connectivity index (χ2v) is 3.77. The molecule has 1 aromatic heterocycles. The smallest absolute Gasteiger partial charge is 0.408 e. The second kappa shape index (κ2) is 3.59. The van der Waals surface area contributed by atoms with E-state index in [1.54, 1.807) is 18.2 Å². The zero-order valence-corrected chi connectivity index (χ0v) is 8.82. The Morgan fingerprint density at radius 2 is 2.29 bits per heavy atom. The number of aliphatic hydroxyl groups excluding tert-OH is 1. The number of hydrogen-bond acceptors (Lipinski definition) is 3. The maximum absolute atomic E-state index is 11.3. The van der Waals surface area contributed by atoms with E-state index < -0.39 is 5.76 Å². The first-order valence-corrected chi connectivity index (χ1v) is 4.91. The number of aliphatic hydroxyl groups is 1. The Morgan fingerprint density at radius 1 is 1.50 bits per heavy atom. The molecule has 0 saturated heterocycles. The van der Waals surface area contributed by atoms with E-state index >= 15 is 0 Å². The highest BCUT2D eigenvalue weighted by Gasteiger charge is 2.08. The topological polar surface area (TPSA) is 55.4 Å². The fourth-order valence-electron chi connectivity index (χ4n) is 1.35. The number of rotatable bonds is 2. The third-order valence-electron chi connectivity index (χ3n) is 1.95. The van der Waals surface area contributed by atoms with Crippen LogP contribution in [0.25, 0.3) is 11.1 Å². The van der Waals surface area contributed by atoms with E-state index in [0.29, 0.717) is 11.1 Å². The van der Waals surface area contributed by atoms with Gasteiger partial charge in [-0.1, -0.05) is 15.9 Å². The molecule has 5 heteroatoms. The Morgan fingerprint density at radius 3 is 3.00 bits per heavy atom. The van der Waals surface area contributed by atoms with Gasteiger partial charge in [0, 0.05) is 4.47 Å². The number of oxazole rings is 1. The quantitative estimate of drug-likeness (QED) is 0.884. The van der Waals surface area contributed by atoms with Crippen molar-refractivity contribution in [1.82, 2.24) is 4.57 Å². The maximum Gasteiger partial charge on any atom is 0.420 e. The molecule has 0 spiro atoms. The summed E-state index contributed by atoms with van der Waals surface area (Å²) in [5, 5.41) is 8.78. The standard InChI is InChI=1S/C9H8BrNO3/c10-6-1-2-8-7(5-6)11(3-4-12)9(13)14-8/h1-2,5,12H,3-4H2. The zero-order valence-electron chi connectivity index (χ0n) is 7.24. The van der Waals surface area contributed by atoms with Crippen molar-refractivity contribution in [2.45, 2.75) is 6.54 Å². The van der Waals surface area contributed by atoms with Crippen LogP contribution in [0.5, 0.6) is 0 Å². The molecule has 0 bridgehead atoms. The molecule has 0 aliphatic carbocycles. The van der Waals surface area contributed by atoms with Gasteiger partial charge in [-0.3, -0.25) is 4.57 Å². The molecule has 2 rings (SSSR count). The second-order valence-electron chi connectivity index (χ2n) is 2.86. The van der Waals surface area contributed by atoms with Crippen LogP contribution < -0.4 is 5.76 Å². The number of fused-ring (bicyclic) bond motifs is 1. The number of aromatic nitrogens is 1. The van der Waals surface area contributed by atoms with Crippen molar-refractivity contribution in [2.75, 3.05) is 6.61 Å². The van der Waals surface area contributed by atoms with Gasteiger partial charge in [-0.15, -0.1) is 0 Å². The zero-order chi connectivity index (χ0) is 10.1. The van der Waals surface area contributed by atoms with Crippen LogP contribution in [0.3, 0.4) is 0 Å². The summed E-state index contributed by atoms with van der Waals surface area (Å²) >= 11 is 3.31. The number of halogens is 1. The van der Waals surface area contributed by atoms with Crippen molar-refractivity contribution < 1.29 is 9.52 Å². The molecular formula is C9H8BrNO3.